The van der Waals surface area contributed by atoms with Crippen molar-refractivity contribution < 1.29 is 24.2 Å². The van der Waals surface area contributed by atoms with E-state index in [-0.39, 0.29) is 25.3 Å². The van der Waals surface area contributed by atoms with E-state index in [1.54, 1.807) is 30.3 Å². The first-order valence-corrected chi connectivity index (χ1v) is 10.6. The summed E-state index contributed by atoms with van der Waals surface area (Å²) in [5, 5.41) is 23.5. The minimum Gasteiger partial charge on any atom is -0.501 e. The van der Waals surface area contributed by atoms with Crippen molar-refractivity contribution in [2.45, 2.75) is 24.6 Å². The van der Waals surface area contributed by atoms with E-state index >= 15 is 0 Å². The van der Waals surface area contributed by atoms with Crippen molar-refractivity contribution in [1.29, 1.82) is 0 Å². The molecule has 2 aromatic carbocycles. The number of nitrogens with zero attached hydrogens (tertiary/aromatic N) is 2. The van der Waals surface area contributed by atoms with Crippen LogP contribution in [0.15, 0.2) is 59.4 Å². The van der Waals surface area contributed by atoms with Gasteiger partial charge in [-0.3, -0.25) is 19.7 Å². The molecule has 1 aliphatic rings. The highest BCUT2D eigenvalue weighted by Gasteiger charge is 2.49. The first-order chi connectivity index (χ1) is 16.2. The Labute approximate surface area is 193 Å². The van der Waals surface area contributed by atoms with E-state index in [9.17, 15) is 29.0 Å². The number of carbonyl (C=O) groups is 2. The zero-order chi connectivity index (χ0) is 24.5. The van der Waals surface area contributed by atoms with E-state index in [1.165, 1.54) is 36.2 Å². The van der Waals surface area contributed by atoms with Gasteiger partial charge in [-0.05, 0) is 17.7 Å². The van der Waals surface area contributed by atoms with E-state index in [2.05, 4.69) is 15.3 Å². The maximum absolute atomic E-state index is 13.5. The Balaban J connectivity index is 1.73. The number of halogens is 1. The van der Waals surface area contributed by atoms with Gasteiger partial charge >= 0.3 is 0 Å². The third-order valence-corrected chi connectivity index (χ3v) is 5.79. The fraction of sp³-hybridized carbons (Fsp3) is 0.250. The van der Waals surface area contributed by atoms with Crippen LogP contribution in [0.1, 0.15) is 38.7 Å². The number of rotatable bonds is 6. The molecule has 0 bridgehead atoms. The average molecular weight is 466 g/mol. The monoisotopic (exact) mass is 466 g/mol. The van der Waals surface area contributed by atoms with Crippen LogP contribution in [0.3, 0.4) is 0 Å². The number of nitrogens with one attached hydrogen (secondary N) is 2. The molecule has 10 heteroatoms. The third kappa shape index (κ3) is 4.33. The van der Waals surface area contributed by atoms with Crippen LogP contribution in [-0.4, -0.2) is 56.5 Å². The van der Waals surface area contributed by atoms with E-state index in [0.29, 0.717) is 11.1 Å². The van der Waals surface area contributed by atoms with Crippen LogP contribution in [0.5, 0.6) is 5.75 Å². The summed E-state index contributed by atoms with van der Waals surface area (Å²) >= 11 is 0. The van der Waals surface area contributed by atoms with Gasteiger partial charge < -0.3 is 20.1 Å². The Morgan fingerprint density at radius 1 is 1.18 bits per heavy atom. The lowest BCUT2D eigenvalue weighted by molar-refractivity contribution is 0.0768. The molecule has 4 N–H and O–H groups in total. The van der Waals surface area contributed by atoms with Gasteiger partial charge in [0.15, 0.2) is 11.5 Å². The van der Waals surface area contributed by atoms with E-state index < -0.39 is 46.2 Å². The molecule has 2 heterocycles. The molecule has 34 heavy (non-hydrogen) atoms. The maximum atomic E-state index is 13.5. The van der Waals surface area contributed by atoms with Gasteiger partial charge in [0.25, 0.3) is 11.5 Å². The number of hydrogen-bond donors (Lipinski definition) is 4. The number of aromatic amines is 1. The normalized spacial score (nSPS) is 19.7. The van der Waals surface area contributed by atoms with Crippen LogP contribution >= 0.6 is 0 Å². The Morgan fingerprint density at radius 2 is 1.85 bits per heavy atom. The predicted molar refractivity (Wildman–Crippen MR) is 120 cm³/mol. The SMILES string of the molecule is CN(Cc1ccc(F)cc1)C(=O)c1nc([C@]2(C(=O)c3ccccc3)C[C@@H](O)CN2)[nH]c(=O)c1O. The van der Waals surface area contributed by atoms with Crippen molar-refractivity contribution in [2.24, 2.45) is 0 Å². The summed E-state index contributed by atoms with van der Waals surface area (Å²) in [6.45, 7) is 0.129. The molecular formula is C24H23FN4O5. The molecule has 1 amide bonds. The number of Topliss-reactive ketones (excluding diaryl/α,β-unsaturated/α-hetero) is 1. The van der Waals surface area contributed by atoms with Crippen molar-refractivity contribution >= 4 is 11.7 Å². The zero-order valence-corrected chi connectivity index (χ0v) is 18.3. The van der Waals surface area contributed by atoms with Crippen molar-refractivity contribution in [1.82, 2.24) is 20.2 Å². The Hall–Kier alpha value is -3.89. The number of amides is 1. The molecule has 1 aromatic heterocycles. The number of aliphatic hydroxyl groups is 1. The number of ketones is 1. The highest BCUT2D eigenvalue weighted by atomic mass is 19.1. The van der Waals surface area contributed by atoms with Crippen LogP contribution in [-0.2, 0) is 12.1 Å². The zero-order valence-electron chi connectivity index (χ0n) is 18.3. The molecule has 9 nitrogen and oxygen atoms in total. The highest BCUT2D eigenvalue weighted by Crippen LogP contribution is 2.33. The van der Waals surface area contributed by atoms with Gasteiger partial charge in [-0.15, -0.1) is 0 Å². The van der Waals surface area contributed by atoms with Gasteiger partial charge in [-0.25, -0.2) is 9.37 Å². The van der Waals surface area contributed by atoms with Gasteiger partial charge in [0.05, 0.1) is 6.10 Å². The molecule has 0 saturated carbocycles. The minimum absolute atomic E-state index is 0.0629. The number of carbonyl (C=O) groups excluding carboxylic acids is 2. The Bertz CT molecular complexity index is 1280. The molecule has 0 unspecified atom stereocenters. The molecule has 176 valence electrons. The minimum atomic E-state index is -1.60. The molecule has 0 radical (unpaired) electrons. The molecule has 1 aliphatic heterocycles. The summed E-state index contributed by atoms with van der Waals surface area (Å²) in [7, 11) is 1.44. The first-order valence-electron chi connectivity index (χ1n) is 10.6. The lowest BCUT2D eigenvalue weighted by Gasteiger charge is -2.27. The fourth-order valence-corrected chi connectivity index (χ4v) is 4.02. The molecular weight excluding hydrogens is 443 g/mol. The van der Waals surface area contributed by atoms with Crippen LogP contribution < -0.4 is 10.9 Å². The van der Waals surface area contributed by atoms with Crippen LogP contribution in [0.25, 0.3) is 0 Å². The van der Waals surface area contributed by atoms with Gasteiger partial charge in [0.1, 0.15) is 17.2 Å². The van der Waals surface area contributed by atoms with Gasteiger partial charge in [0, 0.05) is 32.1 Å². The van der Waals surface area contributed by atoms with Crippen molar-refractivity contribution in [3.63, 3.8) is 0 Å². The average Bonchev–Trinajstić information content (AvgIpc) is 3.24. The molecule has 3 aromatic rings. The second-order valence-electron chi connectivity index (χ2n) is 8.24. The third-order valence-electron chi connectivity index (χ3n) is 5.79. The van der Waals surface area contributed by atoms with Gasteiger partial charge in [0.2, 0.25) is 5.75 Å². The summed E-state index contributed by atoms with van der Waals surface area (Å²) in [5.74, 6) is -2.71. The molecule has 0 aliphatic carbocycles. The number of hydrogen-bond acceptors (Lipinski definition) is 7. The molecule has 4 rings (SSSR count). The van der Waals surface area contributed by atoms with Crippen LogP contribution in [0.4, 0.5) is 4.39 Å². The summed E-state index contributed by atoms with van der Waals surface area (Å²) < 4.78 is 13.2. The number of benzene rings is 2. The summed E-state index contributed by atoms with van der Waals surface area (Å²) in [6.07, 6.45) is -0.986. The van der Waals surface area contributed by atoms with Crippen molar-refractivity contribution in [3.05, 3.63) is 93.4 Å². The van der Waals surface area contributed by atoms with Crippen molar-refractivity contribution in [2.75, 3.05) is 13.6 Å². The number of H-pyrrole nitrogens is 1. The molecule has 1 fully saturated rings. The summed E-state index contributed by atoms with van der Waals surface area (Å²) in [4.78, 5) is 46.9. The lowest BCUT2D eigenvalue weighted by atomic mass is 9.86. The smallest absolute Gasteiger partial charge is 0.294 e. The Kier molecular flexibility index (Phi) is 6.27. The Morgan fingerprint density at radius 3 is 2.47 bits per heavy atom. The van der Waals surface area contributed by atoms with E-state index in [1.807, 2.05) is 0 Å². The van der Waals surface area contributed by atoms with E-state index in [0.717, 1.165) is 0 Å². The molecule has 0 spiro atoms. The molecule has 1 saturated heterocycles. The quantitative estimate of drug-likeness (QED) is 0.402. The second kappa shape index (κ2) is 9.16. The standard InChI is InChI=1S/C24H23FN4O5/c1-29(13-14-7-9-16(25)10-8-14)22(34)18-19(31)21(33)28-23(27-18)24(11-17(30)12-26-24)20(32)15-5-3-2-4-6-15/h2-10,17,26,30-31H,11-13H2,1H3,(H,27,28,33)/t17-,24-/m1/s1. The van der Waals surface area contributed by atoms with Crippen LogP contribution in [0, 0.1) is 5.82 Å². The number of β-amino-alcohol motifs (C(OH)–C–C–N with tert-alkyl or cyclic N) is 1. The lowest BCUT2D eigenvalue weighted by Crippen LogP contribution is -2.47. The number of aromatic nitrogens is 2. The topological polar surface area (TPSA) is 136 Å². The van der Waals surface area contributed by atoms with Crippen molar-refractivity contribution in [3.8, 4) is 5.75 Å². The van der Waals surface area contributed by atoms with Gasteiger partial charge in [-0.2, -0.15) is 0 Å². The second-order valence-corrected chi connectivity index (χ2v) is 8.24. The largest absolute Gasteiger partial charge is 0.501 e. The maximum Gasteiger partial charge on any atom is 0.294 e. The van der Waals surface area contributed by atoms with Gasteiger partial charge in [-0.1, -0.05) is 42.5 Å². The number of aliphatic hydroxyl groups excluding tert-OH is 1. The fourth-order valence-electron chi connectivity index (χ4n) is 4.02. The summed E-state index contributed by atoms with van der Waals surface area (Å²) in [5.41, 5.74) is -2.18. The van der Waals surface area contributed by atoms with Crippen LogP contribution in [0.2, 0.25) is 0 Å². The van der Waals surface area contributed by atoms with E-state index in [4.69, 9.17) is 0 Å². The number of aromatic hydroxyl groups is 1. The first kappa shape index (κ1) is 23.3. The molecule has 2 atom stereocenters. The highest BCUT2D eigenvalue weighted by molar-refractivity contribution is 6.04. The summed E-state index contributed by atoms with van der Waals surface area (Å²) in [6, 6.07) is 13.8. The predicted octanol–water partition coefficient (Wildman–Crippen LogP) is 1.32.